The zero-order chi connectivity index (χ0) is 14.4. The number of carbonyl (C=O) groups is 1. The van der Waals surface area contributed by atoms with Crippen molar-refractivity contribution in [2.45, 2.75) is 6.42 Å². The second kappa shape index (κ2) is 6.82. The Morgan fingerprint density at radius 3 is 2.60 bits per heavy atom. The van der Waals surface area contributed by atoms with Gasteiger partial charge in [0.1, 0.15) is 5.75 Å². The van der Waals surface area contributed by atoms with Crippen molar-refractivity contribution >= 4 is 28.9 Å². The molecule has 0 saturated carbocycles. The van der Waals surface area contributed by atoms with E-state index in [0.29, 0.717) is 23.0 Å². The summed E-state index contributed by atoms with van der Waals surface area (Å²) in [5.74, 6) is 0.540. The number of carbonyl (C=O) groups excluding carboxylic acids is 1. The third kappa shape index (κ3) is 3.90. The normalized spacial score (nSPS) is 10.1. The average molecular weight is 291 g/mol. The van der Waals surface area contributed by atoms with Crippen molar-refractivity contribution in [2.24, 2.45) is 0 Å². The van der Waals surface area contributed by atoms with Crippen molar-refractivity contribution in [1.29, 1.82) is 0 Å². The van der Waals surface area contributed by atoms with Gasteiger partial charge in [0.05, 0.1) is 29.4 Å². The van der Waals surface area contributed by atoms with Crippen LogP contribution in [0, 0.1) is 0 Å². The second-order valence-corrected chi connectivity index (χ2v) is 4.57. The SMILES string of the molecule is Nc1cccc(Cl)c1NC(=O)CCOc1ccccc1. The van der Waals surface area contributed by atoms with Crippen molar-refractivity contribution in [2.75, 3.05) is 17.7 Å². The first-order valence-corrected chi connectivity index (χ1v) is 6.56. The topological polar surface area (TPSA) is 64.3 Å². The molecule has 0 aliphatic rings. The van der Waals surface area contributed by atoms with Gasteiger partial charge >= 0.3 is 0 Å². The predicted molar refractivity (Wildman–Crippen MR) is 81.0 cm³/mol. The Morgan fingerprint density at radius 2 is 1.90 bits per heavy atom. The molecule has 20 heavy (non-hydrogen) atoms. The summed E-state index contributed by atoms with van der Waals surface area (Å²) in [6.07, 6.45) is 0.222. The van der Waals surface area contributed by atoms with Gasteiger partial charge in [-0.3, -0.25) is 4.79 Å². The highest BCUT2D eigenvalue weighted by Gasteiger charge is 2.08. The molecule has 2 rings (SSSR count). The van der Waals surface area contributed by atoms with Gasteiger partial charge in [0.15, 0.2) is 0 Å². The molecule has 3 N–H and O–H groups in total. The zero-order valence-electron chi connectivity index (χ0n) is 10.8. The predicted octanol–water partition coefficient (Wildman–Crippen LogP) is 3.33. The maximum absolute atomic E-state index is 11.8. The van der Waals surface area contributed by atoms with E-state index >= 15 is 0 Å². The van der Waals surface area contributed by atoms with Gasteiger partial charge in [-0.2, -0.15) is 0 Å². The molecule has 4 nitrogen and oxygen atoms in total. The number of halogens is 1. The Labute approximate surface area is 122 Å². The van der Waals surface area contributed by atoms with Crippen LogP contribution in [0.15, 0.2) is 48.5 Å². The molecular weight excluding hydrogens is 276 g/mol. The summed E-state index contributed by atoms with van der Waals surface area (Å²) in [7, 11) is 0. The number of nitrogens with two attached hydrogens (primary N) is 1. The number of ether oxygens (including phenoxy) is 1. The van der Waals surface area contributed by atoms with E-state index in [1.807, 2.05) is 30.3 Å². The lowest BCUT2D eigenvalue weighted by molar-refractivity contribution is -0.116. The maximum Gasteiger partial charge on any atom is 0.227 e. The molecule has 2 aromatic rings. The molecule has 0 bridgehead atoms. The number of hydrogen-bond acceptors (Lipinski definition) is 3. The highest BCUT2D eigenvalue weighted by atomic mass is 35.5. The summed E-state index contributed by atoms with van der Waals surface area (Å²) in [4.78, 5) is 11.8. The third-order valence-electron chi connectivity index (χ3n) is 2.65. The fraction of sp³-hybridized carbons (Fsp3) is 0.133. The third-order valence-corrected chi connectivity index (χ3v) is 2.97. The lowest BCUT2D eigenvalue weighted by Crippen LogP contribution is -2.16. The van der Waals surface area contributed by atoms with Gasteiger partial charge < -0.3 is 15.8 Å². The van der Waals surface area contributed by atoms with Gasteiger partial charge in [0, 0.05) is 0 Å². The number of anilines is 2. The van der Waals surface area contributed by atoms with Crippen molar-refractivity contribution in [3.8, 4) is 5.75 Å². The summed E-state index contributed by atoms with van der Waals surface area (Å²) in [6.45, 7) is 0.292. The highest BCUT2D eigenvalue weighted by molar-refractivity contribution is 6.34. The first-order valence-electron chi connectivity index (χ1n) is 6.18. The van der Waals surface area contributed by atoms with Crippen LogP contribution in [0.25, 0.3) is 0 Å². The van der Waals surface area contributed by atoms with Crippen molar-refractivity contribution in [3.63, 3.8) is 0 Å². The lowest BCUT2D eigenvalue weighted by Gasteiger charge is -2.10. The van der Waals surface area contributed by atoms with Gasteiger partial charge in [-0.25, -0.2) is 0 Å². The van der Waals surface area contributed by atoms with Crippen LogP contribution in [0.5, 0.6) is 5.75 Å². The van der Waals surface area contributed by atoms with Crippen molar-refractivity contribution in [1.82, 2.24) is 0 Å². The van der Waals surface area contributed by atoms with E-state index < -0.39 is 0 Å². The Bertz CT molecular complexity index is 567. The zero-order valence-corrected chi connectivity index (χ0v) is 11.6. The van der Waals surface area contributed by atoms with Crippen LogP contribution in [-0.4, -0.2) is 12.5 Å². The molecule has 2 aromatic carbocycles. The number of benzene rings is 2. The van der Waals surface area contributed by atoms with Crippen LogP contribution in [0.1, 0.15) is 6.42 Å². The molecule has 0 aromatic heterocycles. The van der Waals surface area contributed by atoms with Crippen LogP contribution in [0.4, 0.5) is 11.4 Å². The molecular formula is C15H15ClN2O2. The van der Waals surface area contributed by atoms with E-state index in [1.165, 1.54) is 0 Å². The molecule has 0 aliphatic carbocycles. The van der Waals surface area contributed by atoms with Crippen LogP contribution < -0.4 is 15.8 Å². The first kappa shape index (κ1) is 14.2. The minimum atomic E-state index is -0.194. The quantitative estimate of drug-likeness (QED) is 0.830. The second-order valence-electron chi connectivity index (χ2n) is 4.16. The van der Waals surface area contributed by atoms with E-state index in [9.17, 15) is 4.79 Å². The van der Waals surface area contributed by atoms with Gasteiger partial charge in [0.2, 0.25) is 5.91 Å². The van der Waals surface area contributed by atoms with Crippen molar-refractivity contribution in [3.05, 3.63) is 53.6 Å². The number of nitrogen functional groups attached to an aromatic ring is 1. The molecule has 0 unspecified atom stereocenters. The summed E-state index contributed by atoms with van der Waals surface area (Å²) < 4.78 is 5.45. The molecule has 0 radical (unpaired) electrons. The Balaban J connectivity index is 1.84. The summed E-state index contributed by atoms with van der Waals surface area (Å²) in [5, 5.41) is 3.11. The van der Waals surface area contributed by atoms with Gasteiger partial charge in [-0.1, -0.05) is 35.9 Å². The van der Waals surface area contributed by atoms with E-state index in [-0.39, 0.29) is 12.3 Å². The van der Waals surface area contributed by atoms with E-state index in [0.717, 1.165) is 5.75 Å². The molecule has 0 aliphatic heterocycles. The number of para-hydroxylation sites is 2. The number of rotatable bonds is 5. The molecule has 5 heteroatoms. The Kier molecular flexibility index (Phi) is 4.85. The minimum Gasteiger partial charge on any atom is -0.493 e. The summed E-state index contributed by atoms with van der Waals surface area (Å²) >= 11 is 5.98. The monoisotopic (exact) mass is 290 g/mol. The standard InChI is InChI=1S/C15H15ClN2O2/c16-12-7-4-8-13(17)15(12)18-14(19)9-10-20-11-5-2-1-3-6-11/h1-8H,9-10,17H2,(H,18,19). The molecule has 0 spiro atoms. The van der Waals surface area contributed by atoms with Crippen LogP contribution in [-0.2, 0) is 4.79 Å². The molecule has 0 fully saturated rings. The fourth-order valence-corrected chi connectivity index (χ4v) is 1.88. The summed E-state index contributed by atoms with van der Waals surface area (Å²) in [6, 6.07) is 14.4. The Morgan fingerprint density at radius 1 is 1.15 bits per heavy atom. The molecule has 0 saturated heterocycles. The number of hydrogen-bond donors (Lipinski definition) is 2. The number of amides is 1. The molecule has 1 amide bonds. The van der Waals surface area contributed by atoms with Gasteiger partial charge in [0.25, 0.3) is 0 Å². The summed E-state index contributed by atoms with van der Waals surface area (Å²) in [5.41, 5.74) is 6.64. The van der Waals surface area contributed by atoms with Crippen LogP contribution in [0.3, 0.4) is 0 Å². The Hall–Kier alpha value is -2.20. The van der Waals surface area contributed by atoms with Gasteiger partial charge in [-0.05, 0) is 24.3 Å². The lowest BCUT2D eigenvalue weighted by atomic mass is 10.2. The van der Waals surface area contributed by atoms with E-state index in [1.54, 1.807) is 18.2 Å². The van der Waals surface area contributed by atoms with E-state index in [4.69, 9.17) is 22.1 Å². The smallest absolute Gasteiger partial charge is 0.227 e. The van der Waals surface area contributed by atoms with E-state index in [2.05, 4.69) is 5.32 Å². The largest absolute Gasteiger partial charge is 0.493 e. The molecule has 104 valence electrons. The first-order chi connectivity index (χ1) is 9.66. The van der Waals surface area contributed by atoms with Crippen molar-refractivity contribution < 1.29 is 9.53 Å². The van der Waals surface area contributed by atoms with Gasteiger partial charge in [-0.15, -0.1) is 0 Å². The number of nitrogens with one attached hydrogen (secondary N) is 1. The maximum atomic E-state index is 11.8. The minimum absolute atomic E-state index is 0.194. The molecule has 0 heterocycles. The molecule has 0 atom stereocenters. The highest BCUT2D eigenvalue weighted by Crippen LogP contribution is 2.27. The fourth-order valence-electron chi connectivity index (χ4n) is 1.65. The van der Waals surface area contributed by atoms with Crippen LogP contribution in [0.2, 0.25) is 5.02 Å². The van der Waals surface area contributed by atoms with Crippen LogP contribution >= 0.6 is 11.6 Å². The average Bonchev–Trinajstić information content (AvgIpc) is 2.44.